The third-order valence-electron chi connectivity index (χ3n) is 6.34. The van der Waals surface area contributed by atoms with Crippen LogP contribution < -0.4 is 10.6 Å². The number of anilines is 2. The molecule has 0 unspecified atom stereocenters. The van der Waals surface area contributed by atoms with Gasteiger partial charge in [-0.15, -0.1) is 0 Å². The van der Waals surface area contributed by atoms with Crippen LogP contribution in [0.1, 0.15) is 67.2 Å². The Balaban J connectivity index is 1.18. The highest BCUT2D eigenvalue weighted by Crippen LogP contribution is 2.25. The number of fused-ring (bicyclic) bond motifs is 1. The molecule has 2 aromatic rings. The first kappa shape index (κ1) is 23.2. The molecule has 2 aromatic carbocycles. The van der Waals surface area contributed by atoms with Gasteiger partial charge in [-0.2, -0.15) is 0 Å². The lowest BCUT2D eigenvalue weighted by molar-refractivity contribution is 0.765. The van der Waals surface area contributed by atoms with Crippen LogP contribution in [0.4, 0.5) is 11.4 Å². The summed E-state index contributed by atoms with van der Waals surface area (Å²) in [6, 6.07) is 13.5. The fourth-order valence-electron chi connectivity index (χ4n) is 4.18. The van der Waals surface area contributed by atoms with Gasteiger partial charge in [0.05, 0.1) is 0 Å². The predicted octanol–water partition coefficient (Wildman–Crippen LogP) is 7.77. The summed E-state index contributed by atoms with van der Waals surface area (Å²) in [5.74, 6) is 0. The molecule has 166 valence electrons. The van der Waals surface area contributed by atoms with Gasteiger partial charge >= 0.3 is 0 Å². The van der Waals surface area contributed by atoms with E-state index in [1.807, 2.05) is 0 Å². The van der Waals surface area contributed by atoms with E-state index in [1.165, 1.54) is 64.9 Å². The second-order valence-corrected chi connectivity index (χ2v) is 9.00. The molecule has 2 nitrogen and oxygen atoms in total. The van der Waals surface area contributed by atoms with E-state index in [0.29, 0.717) is 0 Å². The molecule has 0 radical (unpaired) electrons. The summed E-state index contributed by atoms with van der Waals surface area (Å²) in [4.78, 5) is 0. The van der Waals surface area contributed by atoms with E-state index in [2.05, 4.69) is 79.6 Å². The second kappa shape index (κ2) is 12.4. The second-order valence-electron chi connectivity index (χ2n) is 9.00. The monoisotopic (exact) mass is 416 g/mol. The Morgan fingerprint density at radius 3 is 2.71 bits per heavy atom. The maximum atomic E-state index is 4.28. The Hall–Kier alpha value is -2.48. The van der Waals surface area contributed by atoms with Crippen molar-refractivity contribution in [3.63, 3.8) is 0 Å². The molecule has 0 fully saturated rings. The van der Waals surface area contributed by atoms with E-state index in [1.54, 1.807) is 0 Å². The Labute approximate surface area is 189 Å². The van der Waals surface area contributed by atoms with Crippen molar-refractivity contribution in [2.24, 2.45) is 0 Å². The lowest BCUT2D eigenvalue weighted by Crippen LogP contribution is -2.01. The number of hydrogen-bond donors (Lipinski definition) is 2. The van der Waals surface area contributed by atoms with Crippen LogP contribution >= 0.6 is 0 Å². The Bertz CT molecular complexity index is 878. The highest BCUT2D eigenvalue weighted by atomic mass is 14.9. The average Bonchev–Trinajstić information content (AvgIpc) is 3.23. The smallest absolute Gasteiger partial charge is 0.0375 e. The summed E-state index contributed by atoms with van der Waals surface area (Å²) in [6.07, 6.45) is 15.2. The van der Waals surface area contributed by atoms with Gasteiger partial charge in [0, 0.05) is 24.5 Å². The maximum absolute atomic E-state index is 4.28. The minimum Gasteiger partial charge on any atom is -0.385 e. The molecule has 0 amide bonds. The first-order chi connectivity index (χ1) is 15.1. The molecule has 1 heterocycles. The summed E-state index contributed by atoms with van der Waals surface area (Å²) in [5.41, 5.74) is 9.64. The van der Waals surface area contributed by atoms with Crippen molar-refractivity contribution in [3.8, 4) is 0 Å². The lowest BCUT2D eigenvalue weighted by Gasteiger charge is -2.08. The number of hydrogen-bond acceptors (Lipinski definition) is 2. The van der Waals surface area contributed by atoms with E-state index in [4.69, 9.17) is 0 Å². The first-order valence-electron chi connectivity index (χ1n) is 12.1. The van der Waals surface area contributed by atoms with Crippen LogP contribution in [0.5, 0.6) is 0 Å². The van der Waals surface area contributed by atoms with Crippen molar-refractivity contribution in [1.29, 1.82) is 0 Å². The number of allylic oxidation sites excluding steroid dienone is 3. The molecule has 0 atom stereocenters. The van der Waals surface area contributed by atoms with Gasteiger partial charge in [0.2, 0.25) is 0 Å². The summed E-state index contributed by atoms with van der Waals surface area (Å²) >= 11 is 0. The molecule has 0 saturated carbocycles. The van der Waals surface area contributed by atoms with E-state index in [0.717, 1.165) is 45.2 Å². The van der Waals surface area contributed by atoms with E-state index in [-0.39, 0.29) is 0 Å². The summed E-state index contributed by atoms with van der Waals surface area (Å²) in [5, 5.41) is 6.98. The number of benzene rings is 2. The van der Waals surface area contributed by atoms with Crippen LogP contribution in [0.15, 0.2) is 60.7 Å². The van der Waals surface area contributed by atoms with Gasteiger partial charge in [0.15, 0.2) is 0 Å². The van der Waals surface area contributed by atoms with Gasteiger partial charge in [-0.25, -0.2) is 0 Å². The molecule has 0 bridgehead atoms. The van der Waals surface area contributed by atoms with Crippen molar-refractivity contribution >= 4 is 11.4 Å². The Morgan fingerprint density at radius 1 is 0.968 bits per heavy atom. The third-order valence-corrected chi connectivity index (χ3v) is 6.34. The fraction of sp³-hybridized carbons (Fsp3) is 0.448. The van der Waals surface area contributed by atoms with Gasteiger partial charge < -0.3 is 10.6 Å². The summed E-state index contributed by atoms with van der Waals surface area (Å²) in [7, 11) is 0. The molecule has 31 heavy (non-hydrogen) atoms. The molecular weight excluding hydrogens is 376 g/mol. The van der Waals surface area contributed by atoms with Crippen molar-refractivity contribution in [1.82, 2.24) is 0 Å². The predicted molar refractivity (Wildman–Crippen MR) is 137 cm³/mol. The maximum Gasteiger partial charge on any atom is 0.0375 e. The molecule has 2 N–H and O–H groups in total. The largest absolute Gasteiger partial charge is 0.385 e. The summed E-state index contributed by atoms with van der Waals surface area (Å²) < 4.78 is 0. The number of unbranched alkanes of at least 4 members (excludes halogenated alkanes) is 2. The standard InChI is InChI=1S/C29H40N2/c1-23(12-10-13-26-15-14-24(2)25(3)21-26)11-8-6-4-5-7-9-19-30-28-16-17-29-27(22-28)18-20-31-29/h4,6,14-17,21-22,30-31H,1,5,7-13,18-20H2,2-3H3/b6-4-. The van der Waals surface area contributed by atoms with Crippen molar-refractivity contribution in [3.05, 3.63) is 83.0 Å². The minimum atomic E-state index is 1.05. The van der Waals surface area contributed by atoms with Crippen LogP contribution in [-0.2, 0) is 12.8 Å². The van der Waals surface area contributed by atoms with Gasteiger partial charge in [-0.1, -0.05) is 42.5 Å². The van der Waals surface area contributed by atoms with Crippen molar-refractivity contribution in [2.45, 2.75) is 71.6 Å². The Kier molecular flexibility index (Phi) is 9.27. The minimum absolute atomic E-state index is 1.05. The van der Waals surface area contributed by atoms with Crippen molar-refractivity contribution in [2.75, 3.05) is 23.7 Å². The quantitative estimate of drug-likeness (QED) is 0.257. The van der Waals surface area contributed by atoms with Gasteiger partial charge in [0.25, 0.3) is 0 Å². The van der Waals surface area contributed by atoms with Crippen LogP contribution in [0, 0.1) is 13.8 Å². The topological polar surface area (TPSA) is 24.1 Å². The zero-order chi connectivity index (χ0) is 21.9. The SMILES string of the molecule is C=C(CC/C=C\CCCCNc1ccc2c(c1)CCN2)CCCc1ccc(C)c(C)c1. The highest BCUT2D eigenvalue weighted by molar-refractivity contribution is 5.62. The van der Waals surface area contributed by atoms with E-state index in [9.17, 15) is 0 Å². The van der Waals surface area contributed by atoms with E-state index >= 15 is 0 Å². The molecule has 2 heteroatoms. The normalized spacial score (nSPS) is 12.7. The average molecular weight is 417 g/mol. The number of aryl methyl sites for hydroxylation is 3. The first-order valence-corrected chi connectivity index (χ1v) is 12.1. The lowest BCUT2D eigenvalue weighted by atomic mass is 9.99. The van der Waals surface area contributed by atoms with Gasteiger partial charge in [-0.3, -0.25) is 0 Å². The van der Waals surface area contributed by atoms with Gasteiger partial charge in [-0.05, 0) is 112 Å². The molecule has 3 rings (SSSR count). The van der Waals surface area contributed by atoms with Crippen LogP contribution in [-0.4, -0.2) is 13.1 Å². The van der Waals surface area contributed by atoms with Crippen LogP contribution in [0.25, 0.3) is 0 Å². The molecular formula is C29H40N2. The molecule has 1 aliphatic heterocycles. The van der Waals surface area contributed by atoms with Crippen LogP contribution in [0.2, 0.25) is 0 Å². The zero-order valence-electron chi connectivity index (χ0n) is 19.6. The molecule has 0 aliphatic carbocycles. The summed E-state index contributed by atoms with van der Waals surface area (Å²) in [6.45, 7) is 10.8. The van der Waals surface area contributed by atoms with Crippen molar-refractivity contribution < 1.29 is 0 Å². The molecule has 0 aromatic heterocycles. The fourth-order valence-corrected chi connectivity index (χ4v) is 4.18. The molecule has 1 aliphatic rings. The molecule has 0 saturated heterocycles. The number of nitrogens with one attached hydrogen (secondary N) is 2. The Morgan fingerprint density at radius 2 is 1.84 bits per heavy atom. The number of rotatable bonds is 13. The third kappa shape index (κ3) is 7.94. The zero-order valence-corrected chi connectivity index (χ0v) is 19.6. The molecule has 0 spiro atoms. The van der Waals surface area contributed by atoms with Gasteiger partial charge in [0.1, 0.15) is 0 Å². The van der Waals surface area contributed by atoms with Crippen LogP contribution in [0.3, 0.4) is 0 Å². The van der Waals surface area contributed by atoms with E-state index < -0.39 is 0 Å². The highest BCUT2D eigenvalue weighted by Gasteiger charge is 2.09.